The van der Waals surface area contributed by atoms with Crippen LogP contribution in [0.25, 0.3) is 0 Å². The first kappa shape index (κ1) is 10.6. The molecular weight excluding hydrogens is 217 g/mol. The molecule has 0 aliphatic heterocycles. The lowest BCUT2D eigenvalue weighted by molar-refractivity contribution is -0.385. The molecule has 1 aromatic rings. The van der Waals surface area contributed by atoms with Gasteiger partial charge in [0, 0.05) is 0 Å². The summed E-state index contributed by atoms with van der Waals surface area (Å²) < 4.78 is 12.8. The molecule has 0 aliphatic carbocycles. The van der Waals surface area contributed by atoms with Crippen LogP contribution in [0, 0.1) is 10.1 Å². The quantitative estimate of drug-likeness (QED) is 0.434. The molecule has 0 aliphatic rings. The van der Waals surface area contributed by atoms with Crippen molar-refractivity contribution in [3.63, 3.8) is 0 Å². The van der Waals surface area contributed by atoms with Gasteiger partial charge in [-0.05, 0) is 11.6 Å². The lowest BCUT2D eigenvalue weighted by atomic mass is 10.4. The van der Waals surface area contributed by atoms with E-state index < -0.39 is 28.2 Å². The zero-order chi connectivity index (χ0) is 10.7. The molecule has 0 atom stereocenters. The summed E-state index contributed by atoms with van der Waals surface area (Å²) in [6.07, 6.45) is 0.967. The average molecular weight is 222 g/mol. The molecule has 0 amide bonds. The van der Waals surface area contributed by atoms with E-state index in [-0.39, 0.29) is 6.54 Å². The summed E-state index contributed by atoms with van der Waals surface area (Å²) in [5, 5.41) is 12.8. The molecule has 1 heterocycles. The molecule has 8 heteroatoms. The number of hydrogen-bond donors (Lipinski definition) is 0. The Hall–Kier alpha value is -1.50. The van der Waals surface area contributed by atoms with Gasteiger partial charge in [0.1, 0.15) is 12.9 Å². The molecule has 1 rings (SSSR count). The molecule has 0 saturated carbocycles. The van der Waals surface area contributed by atoms with Crippen LogP contribution in [0.3, 0.4) is 0 Å². The highest BCUT2D eigenvalue weighted by molar-refractivity contribution is 6.67. The minimum absolute atomic E-state index is 0.148. The van der Waals surface area contributed by atoms with Crippen molar-refractivity contribution in [2.75, 3.05) is 6.67 Å². The molecule has 0 N–H and O–H groups in total. The first-order chi connectivity index (χ1) is 6.56. The Morgan fingerprint density at radius 3 is 2.79 bits per heavy atom. The second-order valence-corrected chi connectivity index (χ2v) is 2.69. The number of aromatic nitrogens is 2. The molecule has 1 aromatic heterocycles. The van der Waals surface area contributed by atoms with E-state index in [2.05, 4.69) is 5.10 Å². The van der Waals surface area contributed by atoms with E-state index >= 15 is 0 Å². The zero-order valence-electron chi connectivity index (χ0n) is 6.81. The van der Waals surface area contributed by atoms with Gasteiger partial charge in [0.05, 0.1) is 11.5 Å². The third-order valence-electron chi connectivity index (χ3n) is 1.44. The van der Waals surface area contributed by atoms with Gasteiger partial charge in [0.2, 0.25) is 5.69 Å². The van der Waals surface area contributed by atoms with Crippen molar-refractivity contribution in [1.29, 1.82) is 0 Å². The number of hydrogen-bond acceptors (Lipinski definition) is 4. The van der Waals surface area contributed by atoms with E-state index in [1.165, 1.54) is 0 Å². The van der Waals surface area contributed by atoms with E-state index in [0.29, 0.717) is 0 Å². The highest BCUT2D eigenvalue weighted by Gasteiger charge is 2.23. The fourth-order valence-electron chi connectivity index (χ4n) is 0.886. The third kappa shape index (κ3) is 2.05. The summed E-state index contributed by atoms with van der Waals surface area (Å²) in [5.41, 5.74) is -0.983. The summed E-state index contributed by atoms with van der Waals surface area (Å²) in [5.74, 6) is 0. The van der Waals surface area contributed by atoms with Gasteiger partial charge in [-0.15, -0.1) is 0 Å². The predicted molar refractivity (Wildman–Crippen MR) is 45.0 cm³/mol. The molecule has 0 saturated heterocycles. The van der Waals surface area contributed by atoms with Crippen LogP contribution in [0.2, 0.25) is 0 Å². The van der Waals surface area contributed by atoms with E-state index in [1.54, 1.807) is 0 Å². The van der Waals surface area contributed by atoms with Crippen LogP contribution in [-0.4, -0.2) is 26.6 Å². The Labute approximate surface area is 82.4 Å². The molecule has 0 unspecified atom stereocenters. The molecule has 0 spiro atoms. The van der Waals surface area contributed by atoms with Gasteiger partial charge in [0.25, 0.3) is 5.24 Å². The van der Waals surface area contributed by atoms with Crippen LogP contribution in [0.1, 0.15) is 10.5 Å². The number of alkyl halides is 1. The van der Waals surface area contributed by atoms with Crippen molar-refractivity contribution in [2.24, 2.45) is 0 Å². The Bertz CT molecular complexity index is 347. The van der Waals surface area contributed by atoms with Crippen LogP contribution in [-0.2, 0) is 6.54 Å². The van der Waals surface area contributed by atoms with Crippen LogP contribution >= 0.6 is 11.6 Å². The minimum atomic E-state index is -1.03. The first-order valence-electron chi connectivity index (χ1n) is 3.54. The van der Waals surface area contributed by atoms with Gasteiger partial charge in [-0.1, -0.05) is 0 Å². The number of halogens is 2. The molecule has 14 heavy (non-hydrogen) atoms. The number of carbonyl (C=O) groups excluding carboxylic acids is 1. The maximum absolute atomic E-state index is 11.9. The van der Waals surface area contributed by atoms with Gasteiger partial charge in [-0.25, -0.2) is 4.39 Å². The average Bonchev–Trinajstić information content (AvgIpc) is 2.49. The van der Waals surface area contributed by atoms with E-state index in [9.17, 15) is 19.3 Å². The summed E-state index contributed by atoms with van der Waals surface area (Å²) >= 11 is 5.05. The Morgan fingerprint density at radius 2 is 2.43 bits per heavy atom. The molecule has 0 aromatic carbocycles. The number of aryl methyl sites for hydroxylation is 1. The molecule has 6 nitrogen and oxygen atoms in total. The largest absolute Gasteiger partial charge is 0.319 e. The van der Waals surface area contributed by atoms with Crippen LogP contribution in [0.5, 0.6) is 0 Å². The van der Waals surface area contributed by atoms with Crippen LogP contribution < -0.4 is 0 Å². The molecule has 76 valence electrons. The van der Waals surface area contributed by atoms with Crippen LogP contribution in [0.4, 0.5) is 10.1 Å². The maximum Gasteiger partial charge on any atom is 0.319 e. The topological polar surface area (TPSA) is 78.0 Å². The van der Waals surface area contributed by atoms with Gasteiger partial charge in [-0.2, -0.15) is 5.10 Å². The summed E-state index contributed by atoms with van der Waals surface area (Å²) in [7, 11) is 0. The zero-order valence-corrected chi connectivity index (χ0v) is 7.57. The van der Waals surface area contributed by atoms with Gasteiger partial charge >= 0.3 is 5.69 Å². The fraction of sp³-hybridized carbons (Fsp3) is 0.333. The second kappa shape index (κ2) is 4.14. The Balaban J connectivity index is 3.12. The fourth-order valence-corrected chi connectivity index (χ4v) is 1.02. The summed E-state index contributed by atoms with van der Waals surface area (Å²) in [6.45, 7) is -0.875. The lowest BCUT2D eigenvalue weighted by Crippen LogP contribution is -2.01. The van der Waals surface area contributed by atoms with Crippen molar-refractivity contribution in [3.05, 3.63) is 22.0 Å². The van der Waals surface area contributed by atoms with Crippen molar-refractivity contribution in [1.82, 2.24) is 9.78 Å². The Kier molecular flexibility index (Phi) is 3.13. The van der Waals surface area contributed by atoms with E-state index in [0.717, 1.165) is 10.9 Å². The molecule has 0 bridgehead atoms. The highest BCUT2D eigenvalue weighted by Crippen LogP contribution is 2.18. The third-order valence-corrected chi connectivity index (χ3v) is 1.62. The molecule has 0 fully saturated rings. The monoisotopic (exact) mass is 221 g/mol. The summed E-state index contributed by atoms with van der Waals surface area (Å²) in [4.78, 5) is 20.3. The van der Waals surface area contributed by atoms with Crippen molar-refractivity contribution in [3.8, 4) is 0 Å². The predicted octanol–water partition coefficient (Wildman–Crippen LogP) is 1.14. The molecular formula is C6H5ClFN3O3. The smallest absolute Gasteiger partial charge is 0.273 e. The lowest BCUT2D eigenvalue weighted by Gasteiger charge is -1.91. The second-order valence-electron chi connectivity index (χ2n) is 2.35. The number of carbonyl (C=O) groups is 1. The van der Waals surface area contributed by atoms with Crippen LogP contribution in [0.15, 0.2) is 6.20 Å². The molecule has 0 radical (unpaired) electrons. The van der Waals surface area contributed by atoms with Gasteiger partial charge in [-0.3, -0.25) is 19.6 Å². The van der Waals surface area contributed by atoms with E-state index in [4.69, 9.17) is 11.6 Å². The standard InChI is InChI=1S/C6H5ClFN3O3/c7-6(12)5-4(11(13)14)3-10(9-5)2-1-8/h3H,1-2H2. The van der Waals surface area contributed by atoms with Crippen molar-refractivity contribution >= 4 is 22.5 Å². The van der Waals surface area contributed by atoms with Crippen molar-refractivity contribution < 1.29 is 14.1 Å². The Morgan fingerprint density at radius 1 is 1.79 bits per heavy atom. The normalized spacial score (nSPS) is 10.1. The number of rotatable bonds is 4. The highest BCUT2D eigenvalue weighted by atomic mass is 35.5. The SMILES string of the molecule is O=C(Cl)c1nn(CCF)cc1[N+](=O)[O-]. The van der Waals surface area contributed by atoms with Crippen molar-refractivity contribution in [2.45, 2.75) is 6.54 Å². The van der Waals surface area contributed by atoms with Gasteiger partial charge < -0.3 is 0 Å². The number of nitro groups is 1. The number of nitrogens with zero attached hydrogens (tertiary/aromatic N) is 3. The first-order valence-corrected chi connectivity index (χ1v) is 3.91. The minimum Gasteiger partial charge on any atom is -0.273 e. The van der Waals surface area contributed by atoms with Gasteiger partial charge in [0.15, 0.2) is 0 Å². The van der Waals surface area contributed by atoms with E-state index in [1.807, 2.05) is 0 Å². The maximum atomic E-state index is 11.9. The summed E-state index contributed by atoms with van der Waals surface area (Å²) in [6, 6.07) is 0.